The van der Waals surface area contributed by atoms with Crippen LogP contribution in [0.2, 0.25) is 0 Å². The first-order chi connectivity index (χ1) is 9.61. The van der Waals surface area contributed by atoms with Crippen LogP contribution >= 0.6 is 0 Å². The fraction of sp³-hybridized carbons (Fsp3) is 0.938. The van der Waals surface area contributed by atoms with E-state index in [1.54, 1.807) is 0 Å². The standard InChI is InChI=1S/C16H29NO3/c1-12-5-3-4-6-14(12)11-17-9-7-13(8-10-17)15(18)16(19)20-2/h12-15,18H,3-11H2,1-2H3/t12-,14-,15-/m1/s1. The molecule has 0 aromatic heterocycles. The van der Waals surface area contributed by atoms with Crippen molar-refractivity contribution in [3.63, 3.8) is 0 Å². The number of carbonyl (C=O) groups excluding carboxylic acids is 1. The van der Waals surface area contributed by atoms with Gasteiger partial charge in [0.1, 0.15) is 0 Å². The molecule has 4 nitrogen and oxygen atoms in total. The molecule has 2 aliphatic rings. The van der Waals surface area contributed by atoms with E-state index in [1.807, 2.05) is 0 Å². The number of nitrogens with zero attached hydrogens (tertiary/aromatic N) is 1. The number of aliphatic hydroxyl groups is 1. The van der Waals surface area contributed by atoms with Gasteiger partial charge in [-0.3, -0.25) is 0 Å². The number of esters is 1. The van der Waals surface area contributed by atoms with Crippen molar-refractivity contribution < 1.29 is 14.6 Å². The highest BCUT2D eigenvalue weighted by Gasteiger charge is 2.32. The number of carbonyl (C=O) groups is 1. The van der Waals surface area contributed by atoms with Crippen molar-refractivity contribution >= 4 is 5.97 Å². The van der Waals surface area contributed by atoms with E-state index >= 15 is 0 Å². The number of likely N-dealkylation sites (tertiary alicyclic amines) is 1. The second kappa shape index (κ2) is 7.41. The zero-order valence-corrected chi connectivity index (χ0v) is 12.9. The number of piperidine rings is 1. The largest absolute Gasteiger partial charge is 0.467 e. The average molecular weight is 283 g/mol. The second-order valence-corrected chi connectivity index (χ2v) is 6.63. The summed E-state index contributed by atoms with van der Waals surface area (Å²) in [5, 5.41) is 9.90. The summed E-state index contributed by atoms with van der Waals surface area (Å²) in [6, 6.07) is 0. The molecule has 0 spiro atoms. The fourth-order valence-electron chi connectivity index (χ4n) is 3.76. The van der Waals surface area contributed by atoms with Gasteiger partial charge in [-0.1, -0.05) is 26.2 Å². The minimum Gasteiger partial charge on any atom is -0.467 e. The second-order valence-electron chi connectivity index (χ2n) is 6.63. The summed E-state index contributed by atoms with van der Waals surface area (Å²) < 4.78 is 4.63. The van der Waals surface area contributed by atoms with Crippen LogP contribution in [0.3, 0.4) is 0 Å². The van der Waals surface area contributed by atoms with Gasteiger partial charge in [0, 0.05) is 6.54 Å². The highest BCUT2D eigenvalue weighted by molar-refractivity contribution is 5.74. The summed E-state index contributed by atoms with van der Waals surface area (Å²) in [6.07, 6.45) is 6.39. The molecule has 1 aliphatic heterocycles. The van der Waals surface area contributed by atoms with Crippen LogP contribution in [0.25, 0.3) is 0 Å². The van der Waals surface area contributed by atoms with Crippen molar-refractivity contribution in [2.24, 2.45) is 17.8 Å². The van der Waals surface area contributed by atoms with E-state index in [0.29, 0.717) is 0 Å². The highest BCUT2D eigenvalue weighted by Crippen LogP contribution is 2.31. The van der Waals surface area contributed by atoms with Gasteiger partial charge in [0.2, 0.25) is 0 Å². The Labute approximate surface area is 122 Å². The van der Waals surface area contributed by atoms with Crippen LogP contribution in [-0.4, -0.2) is 48.8 Å². The Morgan fingerprint density at radius 2 is 1.90 bits per heavy atom. The lowest BCUT2D eigenvalue weighted by atomic mass is 9.79. The molecule has 0 aromatic rings. The molecule has 0 radical (unpaired) electrons. The summed E-state index contributed by atoms with van der Waals surface area (Å²) >= 11 is 0. The fourth-order valence-corrected chi connectivity index (χ4v) is 3.76. The number of ether oxygens (including phenoxy) is 1. The van der Waals surface area contributed by atoms with E-state index < -0.39 is 12.1 Å². The molecule has 0 bridgehead atoms. The van der Waals surface area contributed by atoms with Gasteiger partial charge in [0.05, 0.1) is 7.11 Å². The van der Waals surface area contributed by atoms with Crippen LogP contribution in [0.15, 0.2) is 0 Å². The minimum atomic E-state index is -0.934. The van der Waals surface area contributed by atoms with Crippen molar-refractivity contribution in [1.82, 2.24) is 4.90 Å². The molecule has 20 heavy (non-hydrogen) atoms. The van der Waals surface area contributed by atoms with E-state index in [1.165, 1.54) is 39.3 Å². The third-order valence-corrected chi connectivity index (χ3v) is 5.30. The molecular weight excluding hydrogens is 254 g/mol. The SMILES string of the molecule is COC(=O)[C@H](O)C1CCN(C[C@H]2CCCC[C@H]2C)CC1. The van der Waals surface area contributed by atoms with E-state index in [4.69, 9.17) is 0 Å². The molecule has 0 unspecified atom stereocenters. The van der Waals surface area contributed by atoms with Gasteiger partial charge in [0.25, 0.3) is 0 Å². The maximum Gasteiger partial charge on any atom is 0.334 e. The van der Waals surface area contributed by atoms with Gasteiger partial charge in [-0.25, -0.2) is 4.79 Å². The maximum atomic E-state index is 11.4. The smallest absolute Gasteiger partial charge is 0.334 e. The van der Waals surface area contributed by atoms with Crippen LogP contribution < -0.4 is 0 Å². The lowest BCUT2D eigenvalue weighted by Crippen LogP contribution is -2.43. The molecule has 1 heterocycles. The molecule has 1 saturated carbocycles. The van der Waals surface area contributed by atoms with Crippen molar-refractivity contribution in [2.75, 3.05) is 26.7 Å². The van der Waals surface area contributed by atoms with E-state index in [2.05, 4.69) is 16.6 Å². The first-order valence-corrected chi connectivity index (χ1v) is 8.10. The molecule has 0 amide bonds. The third kappa shape index (κ3) is 3.95. The van der Waals surface area contributed by atoms with Crippen LogP contribution in [0, 0.1) is 17.8 Å². The summed E-state index contributed by atoms with van der Waals surface area (Å²) in [5.41, 5.74) is 0. The Morgan fingerprint density at radius 3 is 2.50 bits per heavy atom. The van der Waals surface area contributed by atoms with Gasteiger partial charge >= 0.3 is 5.97 Å². The molecule has 3 atom stereocenters. The summed E-state index contributed by atoms with van der Waals surface area (Å²) in [7, 11) is 1.34. The Morgan fingerprint density at radius 1 is 1.25 bits per heavy atom. The van der Waals surface area contributed by atoms with Crippen LogP contribution in [0.4, 0.5) is 0 Å². The topological polar surface area (TPSA) is 49.8 Å². The number of aliphatic hydroxyl groups excluding tert-OH is 1. The Hall–Kier alpha value is -0.610. The molecule has 1 N–H and O–H groups in total. The van der Waals surface area contributed by atoms with Crippen molar-refractivity contribution in [3.8, 4) is 0 Å². The van der Waals surface area contributed by atoms with E-state index in [9.17, 15) is 9.90 Å². The maximum absolute atomic E-state index is 11.4. The highest BCUT2D eigenvalue weighted by atomic mass is 16.5. The first kappa shape index (κ1) is 15.8. The molecule has 116 valence electrons. The van der Waals surface area contributed by atoms with Crippen molar-refractivity contribution in [2.45, 2.75) is 51.6 Å². The van der Waals surface area contributed by atoms with Gasteiger partial charge in [0.15, 0.2) is 6.10 Å². The quantitative estimate of drug-likeness (QED) is 0.802. The van der Waals surface area contributed by atoms with Crippen molar-refractivity contribution in [3.05, 3.63) is 0 Å². The number of hydrogen-bond donors (Lipinski definition) is 1. The number of hydrogen-bond acceptors (Lipinski definition) is 4. The van der Waals surface area contributed by atoms with Gasteiger partial charge in [-0.2, -0.15) is 0 Å². The molecule has 2 fully saturated rings. The monoisotopic (exact) mass is 283 g/mol. The van der Waals surface area contributed by atoms with E-state index in [-0.39, 0.29) is 5.92 Å². The zero-order chi connectivity index (χ0) is 14.5. The predicted octanol–water partition coefficient (Wildman–Crippen LogP) is 2.06. The van der Waals surface area contributed by atoms with Crippen molar-refractivity contribution in [1.29, 1.82) is 0 Å². The molecule has 1 saturated heterocycles. The third-order valence-electron chi connectivity index (χ3n) is 5.30. The summed E-state index contributed by atoms with van der Waals surface area (Å²) in [5.74, 6) is 1.28. The lowest BCUT2D eigenvalue weighted by Gasteiger charge is -2.38. The molecular formula is C16H29NO3. The number of rotatable bonds is 4. The zero-order valence-electron chi connectivity index (χ0n) is 12.9. The minimum absolute atomic E-state index is 0.0717. The summed E-state index contributed by atoms with van der Waals surface area (Å²) in [4.78, 5) is 13.9. The van der Waals surface area contributed by atoms with Crippen LogP contribution in [0.5, 0.6) is 0 Å². The normalized spacial score (nSPS) is 30.9. The molecule has 0 aromatic carbocycles. The molecule has 4 heteroatoms. The van der Waals surface area contributed by atoms with E-state index in [0.717, 1.165) is 37.8 Å². The summed E-state index contributed by atoms with van der Waals surface area (Å²) in [6.45, 7) is 5.59. The Balaban J connectivity index is 1.75. The predicted molar refractivity (Wildman–Crippen MR) is 78.3 cm³/mol. The van der Waals surface area contributed by atoms with Gasteiger partial charge < -0.3 is 14.7 Å². The van der Waals surface area contributed by atoms with Crippen LogP contribution in [-0.2, 0) is 9.53 Å². The first-order valence-electron chi connectivity index (χ1n) is 8.10. The molecule has 1 aliphatic carbocycles. The lowest BCUT2D eigenvalue weighted by molar-refractivity contribution is -0.154. The number of methoxy groups -OCH3 is 1. The molecule has 2 rings (SSSR count). The van der Waals surface area contributed by atoms with Gasteiger partial charge in [-0.15, -0.1) is 0 Å². The average Bonchev–Trinajstić information content (AvgIpc) is 2.49. The Kier molecular flexibility index (Phi) is 5.85. The Bertz CT molecular complexity index is 313. The van der Waals surface area contributed by atoms with Crippen LogP contribution in [0.1, 0.15) is 45.4 Å². The van der Waals surface area contributed by atoms with Gasteiger partial charge in [-0.05, 0) is 50.1 Å².